The van der Waals surface area contributed by atoms with Crippen LogP contribution in [0, 0.1) is 0 Å². The average molecular weight is 490 g/mol. The Hall–Kier alpha value is -3.32. The zero-order valence-electron chi connectivity index (χ0n) is 19.4. The summed E-state index contributed by atoms with van der Waals surface area (Å²) in [4.78, 5) is 20.1. The number of carbonyl (C=O) groups is 1. The predicted octanol–water partition coefficient (Wildman–Crippen LogP) is 5.34. The van der Waals surface area contributed by atoms with Crippen LogP contribution in [0.3, 0.4) is 0 Å². The zero-order chi connectivity index (χ0) is 24.2. The van der Waals surface area contributed by atoms with Gasteiger partial charge in [-0.15, -0.1) is 0 Å². The molecule has 0 radical (unpaired) electrons. The number of aromatic nitrogens is 1. The maximum atomic E-state index is 12.4. The fourth-order valence-electron chi connectivity index (χ4n) is 4.74. The number of ether oxygens (including phenoxy) is 1. The van der Waals surface area contributed by atoms with E-state index in [-0.39, 0.29) is 0 Å². The van der Waals surface area contributed by atoms with Crippen molar-refractivity contribution in [2.75, 3.05) is 26.2 Å². The maximum Gasteiger partial charge on any atom is 0.325 e. The number of H-pyrrole nitrogens is 1. The topological polar surface area (TPSA) is 68.8 Å². The van der Waals surface area contributed by atoms with E-state index < -0.39 is 12.0 Å². The smallest absolute Gasteiger partial charge is 0.325 e. The van der Waals surface area contributed by atoms with E-state index in [4.69, 9.17) is 16.3 Å². The predicted molar refractivity (Wildman–Crippen MR) is 138 cm³/mol. The number of aromatic amines is 1. The highest BCUT2D eigenvalue weighted by Crippen LogP contribution is 2.32. The summed E-state index contributed by atoms with van der Waals surface area (Å²) in [5.41, 5.74) is 3.92. The molecule has 1 aliphatic heterocycles. The molecule has 3 aromatic carbocycles. The lowest BCUT2D eigenvalue weighted by Crippen LogP contribution is -2.48. The number of carboxylic acids is 1. The third kappa shape index (κ3) is 5.51. The average Bonchev–Trinajstić information content (AvgIpc) is 3.27. The maximum absolute atomic E-state index is 12.4. The van der Waals surface area contributed by atoms with Gasteiger partial charge in [0.25, 0.3) is 0 Å². The summed E-state index contributed by atoms with van der Waals surface area (Å²) in [6, 6.07) is 23.0. The van der Waals surface area contributed by atoms with E-state index in [0.717, 1.165) is 52.4 Å². The van der Waals surface area contributed by atoms with Gasteiger partial charge in [-0.2, -0.15) is 0 Å². The van der Waals surface area contributed by atoms with Gasteiger partial charge in [0.05, 0.1) is 0 Å². The molecule has 1 saturated heterocycles. The first-order valence-corrected chi connectivity index (χ1v) is 12.2. The lowest BCUT2D eigenvalue weighted by Gasteiger charge is -2.37. The second-order valence-electron chi connectivity index (χ2n) is 8.91. The number of fused-ring (bicyclic) bond motifs is 1. The highest BCUT2D eigenvalue weighted by molar-refractivity contribution is 6.30. The Morgan fingerprint density at radius 1 is 0.971 bits per heavy atom. The molecular formula is C28H28ClN3O3. The highest BCUT2D eigenvalue weighted by atomic mass is 35.5. The molecule has 5 rings (SSSR count). The normalized spacial score (nSPS) is 15.8. The minimum Gasteiger partial charge on any atom is -0.489 e. The number of carboxylic acid groups (broad SMARTS) is 1. The van der Waals surface area contributed by atoms with E-state index in [9.17, 15) is 9.90 Å². The van der Waals surface area contributed by atoms with Crippen molar-refractivity contribution in [1.29, 1.82) is 0 Å². The van der Waals surface area contributed by atoms with Gasteiger partial charge in [0.2, 0.25) is 0 Å². The quantitative estimate of drug-likeness (QED) is 0.349. The molecule has 1 atom stereocenters. The Kier molecular flexibility index (Phi) is 7.04. The van der Waals surface area contributed by atoms with E-state index in [1.54, 1.807) is 0 Å². The van der Waals surface area contributed by atoms with Crippen LogP contribution >= 0.6 is 11.6 Å². The second kappa shape index (κ2) is 10.5. The fourth-order valence-corrected chi connectivity index (χ4v) is 4.95. The van der Waals surface area contributed by atoms with Gasteiger partial charge in [-0.1, -0.05) is 54.1 Å². The van der Waals surface area contributed by atoms with Crippen LogP contribution in [0.5, 0.6) is 5.75 Å². The summed E-state index contributed by atoms with van der Waals surface area (Å²) in [5.74, 6) is -0.123. The van der Waals surface area contributed by atoms with Crippen molar-refractivity contribution in [3.05, 3.63) is 101 Å². The van der Waals surface area contributed by atoms with Crippen molar-refractivity contribution in [1.82, 2.24) is 14.8 Å². The van der Waals surface area contributed by atoms with Crippen molar-refractivity contribution in [2.24, 2.45) is 0 Å². The Morgan fingerprint density at radius 3 is 2.49 bits per heavy atom. The SMILES string of the molecule is O=C(O)[C@@H](c1c[nH]c2ccc(OCc3ccccc3)cc12)N1CCN(Cc2cccc(Cl)c2)CC1. The molecule has 0 saturated carbocycles. The fraction of sp³-hybridized carbons (Fsp3) is 0.250. The molecule has 1 aromatic heterocycles. The van der Waals surface area contributed by atoms with Gasteiger partial charge in [0, 0.05) is 60.4 Å². The van der Waals surface area contributed by atoms with E-state index in [1.807, 2.05) is 72.9 Å². The van der Waals surface area contributed by atoms with Crippen molar-refractivity contribution in [3.63, 3.8) is 0 Å². The van der Waals surface area contributed by atoms with Crippen molar-refractivity contribution in [3.8, 4) is 5.75 Å². The van der Waals surface area contributed by atoms with Gasteiger partial charge in [-0.05, 0) is 41.5 Å². The number of nitrogens with one attached hydrogen (secondary N) is 1. The van der Waals surface area contributed by atoms with Crippen LogP contribution in [0.4, 0.5) is 0 Å². The van der Waals surface area contributed by atoms with Crippen molar-refractivity contribution >= 4 is 28.5 Å². The van der Waals surface area contributed by atoms with Crippen LogP contribution in [-0.4, -0.2) is 52.0 Å². The minimum atomic E-state index is -0.843. The van der Waals surface area contributed by atoms with E-state index >= 15 is 0 Å². The van der Waals surface area contributed by atoms with Gasteiger partial charge in [-0.25, -0.2) is 0 Å². The monoisotopic (exact) mass is 489 g/mol. The van der Waals surface area contributed by atoms with E-state index in [2.05, 4.69) is 20.9 Å². The van der Waals surface area contributed by atoms with Crippen LogP contribution in [0.25, 0.3) is 10.9 Å². The van der Waals surface area contributed by atoms with E-state index in [1.165, 1.54) is 5.56 Å². The number of hydrogen-bond acceptors (Lipinski definition) is 4. The number of hydrogen-bond donors (Lipinski definition) is 2. The van der Waals surface area contributed by atoms with Gasteiger partial charge < -0.3 is 14.8 Å². The molecule has 180 valence electrons. The summed E-state index contributed by atoms with van der Waals surface area (Å²) in [5, 5.41) is 11.8. The summed E-state index contributed by atoms with van der Waals surface area (Å²) in [6.45, 7) is 4.21. The summed E-state index contributed by atoms with van der Waals surface area (Å²) < 4.78 is 6.00. The summed E-state index contributed by atoms with van der Waals surface area (Å²) >= 11 is 6.12. The van der Waals surface area contributed by atoms with Gasteiger partial charge in [0.15, 0.2) is 0 Å². The molecule has 7 heteroatoms. The number of rotatable bonds is 8. The molecule has 1 fully saturated rings. The van der Waals surface area contributed by atoms with Gasteiger partial charge in [0.1, 0.15) is 18.4 Å². The lowest BCUT2D eigenvalue weighted by molar-refractivity contribution is -0.144. The minimum absolute atomic E-state index is 0.461. The molecule has 35 heavy (non-hydrogen) atoms. The largest absolute Gasteiger partial charge is 0.489 e. The molecule has 4 aromatic rings. The second-order valence-corrected chi connectivity index (χ2v) is 9.34. The molecule has 0 spiro atoms. The Labute approximate surface area is 209 Å². The Balaban J connectivity index is 1.30. The lowest BCUT2D eigenvalue weighted by atomic mass is 10.0. The van der Waals surface area contributed by atoms with Crippen LogP contribution < -0.4 is 4.74 Å². The molecule has 1 aliphatic rings. The Bertz CT molecular complexity index is 1300. The molecular weight excluding hydrogens is 462 g/mol. The summed E-state index contributed by atoms with van der Waals surface area (Å²) in [6.07, 6.45) is 1.82. The molecule has 0 amide bonds. The zero-order valence-corrected chi connectivity index (χ0v) is 20.1. The van der Waals surface area contributed by atoms with Crippen molar-refractivity contribution in [2.45, 2.75) is 19.2 Å². The highest BCUT2D eigenvalue weighted by Gasteiger charge is 2.32. The molecule has 0 aliphatic carbocycles. The van der Waals surface area contributed by atoms with Gasteiger partial charge >= 0.3 is 5.97 Å². The number of piperazine rings is 1. The van der Waals surface area contributed by atoms with Gasteiger partial charge in [-0.3, -0.25) is 14.6 Å². The molecule has 0 bridgehead atoms. The third-order valence-corrected chi connectivity index (χ3v) is 6.76. The van der Waals surface area contributed by atoms with Crippen LogP contribution in [-0.2, 0) is 17.9 Å². The molecule has 0 unspecified atom stereocenters. The third-order valence-electron chi connectivity index (χ3n) is 6.53. The van der Waals surface area contributed by atoms with Crippen LogP contribution in [0.15, 0.2) is 79.0 Å². The number of aliphatic carboxylic acids is 1. The molecule has 2 heterocycles. The van der Waals surface area contributed by atoms with Crippen LogP contribution in [0.2, 0.25) is 5.02 Å². The standard InChI is InChI=1S/C28H28ClN3O3/c29-22-8-4-7-21(15-22)18-31-11-13-32(14-12-31)27(28(33)34)25-17-30-26-10-9-23(16-24(25)26)35-19-20-5-2-1-3-6-20/h1-10,15-17,27,30H,11-14,18-19H2,(H,33,34)/t27-/m1/s1. The number of nitrogens with zero attached hydrogens (tertiary/aromatic N) is 2. The first-order chi connectivity index (χ1) is 17.1. The Morgan fingerprint density at radius 2 is 1.74 bits per heavy atom. The molecule has 2 N–H and O–H groups in total. The number of benzene rings is 3. The number of halogens is 1. The molecule has 6 nitrogen and oxygen atoms in total. The first-order valence-electron chi connectivity index (χ1n) is 11.8. The summed E-state index contributed by atoms with van der Waals surface area (Å²) in [7, 11) is 0. The van der Waals surface area contributed by atoms with Crippen molar-refractivity contribution < 1.29 is 14.6 Å². The first kappa shape index (κ1) is 23.4. The van der Waals surface area contributed by atoms with E-state index in [0.29, 0.717) is 19.7 Å². The van der Waals surface area contributed by atoms with Crippen LogP contribution in [0.1, 0.15) is 22.7 Å².